The summed E-state index contributed by atoms with van der Waals surface area (Å²) in [5.74, 6) is -0.197. The molecule has 0 saturated carbocycles. The summed E-state index contributed by atoms with van der Waals surface area (Å²) in [6.45, 7) is 6.12. The van der Waals surface area contributed by atoms with Gasteiger partial charge in [0, 0.05) is 17.6 Å². The van der Waals surface area contributed by atoms with Crippen LogP contribution in [0.15, 0.2) is 18.2 Å². The third-order valence-electron chi connectivity index (χ3n) is 3.17. The molecule has 112 valence electrons. The molecule has 2 N–H and O–H groups in total. The number of hydrogen-bond donors (Lipinski definition) is 2. The lowest BCUT2D eigenvalue weighted by Crippen LogP contribution is -2.18. The monoisotopic (exact) mass is 323 g/mol. The fourth-order valence-corrected chi connectivity index (χ4v) is 3.31. The number of amides is 1. The van der Waals surface area contributed by atoms with Gasteiger partial charge in [0.2, 0.25) is 0 Å². The van der Waals surface area contributed by atoms with Gasteiger partial charge in [-0.15, -0.1) is 11.3 Å². The first-order chi connectivity index (χ1) is 9.92. The van der Waals surface area contributed by atoms with Crippen molar-refractivity contribution in [2.24, 2.45) is 0 Å². The Morgan fingerprint density at radius 2 is 2.10 bits per heavy atom. The maximum atomic E-state index is 11.8. The van der Waals surface area contributed by atoms with Crippen molar-refractivity contribution in [3.63, 3.8) is 0 Å². The van der Waals surface area contributed by atoms with Gasteiger partial charge < -0.3 is 10.6 Å². The van der Waals surface area contributed by atoms with E-state index in [1.165, 1.54) is 4.88 Å². The molecule has 0 spiro atoms. The highest BCUT2D eigenvalue weighted by Gasteiger charge is 2.15. The SMILES string of the molecule is CNC(=O)c1cc(NC(C)c2nc(C)sc2C)ccc1Cl. The van der Waals surface area contributed by atoms with Gasteiger partial charge in [-0.2, -0.15) is 0 Å². The second kappa shape index (κ2) is 6.45. The van der Waals surface area contributed by atoms with Crippen LogP contribution in [-0.4, -0.2) is 17.9 Å². The molecule has 2 aromatic rings. The van der Waals surface area contributed by atoms with Crippen molar-refractivity contribution in [3.05, 3.63) is 44.4 Å². The number of anilines is 1. The fraction of sp³-hybridized carbons (Fsp3) is 0.333. The summed E-state index contributed by atoms with van der Waals surface area (Å²) >= 11 is 7.74. The molecule has 1 unspecified atom stereocenters. The molecule has 0 aliphatic rings. The highest BCUT2D eigenvalue weighted by atomic mass is 35.5. The molecule has 0 saturated heterocycles. The fourth-order valence-electron chi connectivity index (χ4n) is 2.19. The molecular weight excluding hydrogens is 306 g/mol. The standard InChI is InChI=1S/C15H18ClN3OS/c1-8(14-9(2)21-10(3)19-14)18-11-5-6-13(16)12(7-11)15(20)17-4/h5-8,18H,1-4H3,(H,17,20). The number of carbonyl (C=O) groups excluding carboxylic acids is 1. The molecule has 1 amide bonds. The van der Waals surface area contributed by atoms with Crippen LogP contribution >= 0.6 is 22.9 Å². The summed E-state index contributed by atoms with van der Waals surface area (Å²) in [5, 5.41) is 7.44. The largest absolute Gasteiger partial charge is 0.377 e. The summed E-state index contributed by atoms with van der Waals surface area (Å²) in [5.41, 5.74) is 2.34. The second-order valence-electron chi connectivity index (χ2n) is 4.81. The normalized spacial score (nSPS) is 12.0. The number of aryl methyl sites for hydroxylation is 2. The van der Waals surface area contributed by atoms with Gasteiger partial charge in [-0.05, 0) is 39.0 Å². The molecule has 1 aromatic carbocycles. The van der Waals surface area contributed by atoms with Crippen LogP contribution < -0.4 is 10.6 Å². The summed E-state index contributed by atoms with van der Waals surface area (Å²) < 4.78 is 0. The number of benzene rings is 1. The quantitative estimate of drug-likeness (QED) is 0.896. The molecule has 1 aromatic heterocycles. The van der Waals surface area contributed by atoms with E-state index in [0.717, 1.165) is 16.4 Å². The van der Waals surface area contributed by atoms with E-state index >= 15 is 0 Å². The van der Waals surface area contributed by atoms with E-state index in [9.17, 15) is 4.79 Å². The lowest BCUT2D eigenvalue weighted by molar-refractivity contribution is 0.0963. The smallest absolute Gasteiger partial charge is 0.252 e. The molecule has 0 aliphatic carbocycles. The Morgan fingerprint density at radius 1 is 1.38 bits per heavy atom. The van der Waals surface area contributed by atoms with E-state index in [1.807, 2.05) is 13.0 Å². The lowest BCUT2D eigenvalue weighted by atomic mass is 10.1. The molecule has 1 heterocycles. The van der Waals surface area contributed by atoms with Crippen molar-refractivity contribution in [1.82, 2.24) is 10.3 Å². The van der Waals surface area contributed by atoms with Gasteiger partial charge in [0.15, 0.2) is 0 Å². The van der Waals surface area contributed by atoms with E-state index in [1.54, 1.807) is 30.5 Å². The van der Waals surface area contributed by atoms with Crippen molar-refractivity contribution < 1.29 is 4.79 Å². The van der Waals surface area contributed by atoms with E-state index in [-0.39, 0.29) is 11.9 Å². The highest BCUT2D eigenvalue weighted by molar-refractivity contribution is 7.11. The van der Waals surface area contributed by atoms with Crippen molar-refractivity contribution >= 4 is 34.5 Å². The predicted molar refractivity (Wildman–Crippen MR) is 88.5 cm³/mol. The molecule has 0 fully saturated rings. The van der Waals surface area contributed by atoms with Crippen LogP contribution in [0.3, 0.4) is 0 Å². The van der Waals surface area contributed by atoms with Gasteiger partial charge in [0.1, 0.15) is 0 Å². The van der Waals surface area contributed by atoms with E-state index in [0.29, 0.717) is 10.6 Å². The molecule has 0 aliphatic heterocycles. The maximum absolute atomic E-state index is 11.8. The number of aromatic nitrogens is 1. The number of nitrogens with one attached hydrogen (secondary N) is 2. The number of nitrogens with zero attached hydrogens (tertiary/aromatic N) is 1. The average molecular weight is 324 g/mol. The number of carbonyl (C=O) groups is 1. The number of halogens is 1. The summed E-state index contributed by atoms with van der Waals surface area (Å²) in [7, 11) is 1.59. The molecule has 2 rings (SSSR count). The van der Waals surface area contributed by atoms with E-state index in [4.69, 9.17) is 11.6 Å². The molecule has 21 heavy (non-hydrogen) atoms. The summed E-state index contributed by atoms with van der Waals surface area (Å²) in [6.07, 6.45) is 0. The van der Waals surface area contributed by atoms with Gasteiger partial charge in [0.25, 0.3) is 5.91 Å². The molecule has 0 radical (unpaired) electrons. The first-order valence-electron chi connectivity index (χ1n) is 6.64. The number of rotatable bonds is 4. The molecule has 4 nitrogen and oxygen atoms in total. The van der Waals surface area contributed by atoms with E-state index in [2.05, 4.69) is 29.5 Å². The van der Waals surface area contributed by atoms with Crippen LogP contribution in [0.25, 0.3) is 0 Å². The Labute approximate surface area is 133 Å². The van der Waals surface area contributed by atoms with Crippen molar-refractivity contribution in [1.29, 1.82) is 0 Å². The van der Waals surface area contributed by atoms with Crippen molar-refractivity contribution in [3.8, 4) is 0 Å². The average Bonchev–Trinajstić information content (AvgIpc) is 2.79. The molecule has 0 bridgehead atoms. The Kier molecular flexibility index (Phi) is 4.85. The van der Waals surface area contributed by atoms with Crippen molar-refractivity contribution in [2.45, 2.75) is 26.8 Å². The minimum absolute atomic E-state index is 0.0636. The van der Waals surface area contributed by atoms with Crippen LogP contribution in [0.5, 0.6) is 0 Å². The topological polar surface area (TPSA) is 54.0 Å². The minimum atomic E-state index is -0.197. The summed E-state index contributed by atoms with van der Waals surface area (Å²) in [4.78, 5) is 17.5. The molecular formula is C15H18ClN3OS. The highest BCUT2D eigenvalue weighted by Crippen LogP contribution is 2.27. The van der Waals surface area contributed by atoms with Crippen LogP contribution in [0, 0.1) is 13.8 Å². The second-order valence-corrected chi connectivity index (χ2v) is 6.63. The van der Waals surface area contributed by atoms with Gasteiger partial charge in [-0.3, -0.25) is 4.79 Å². The third kappa shape index (κ3) is 3.54. The van der Waals surface area contributed by atoms with Gasteiger partial charge in [0.05, 0.1) is 27.3 Å². The van der Waals surface area contributed by atoms with E-state index < -0.39 is 0 Å². The first kappa shape index (κ1) is 15.8. The summed E-state index contributed by atoms with van der Waals surface area (Å²) in [6, 6.07) is 5.40. The molecule has 6 heteroatoms. The maximum Gasteiger partial charge on any atom is 0.252 e. The van der Waals surface area contributed by atoms with Crippen molar-refractivity contribution in [2.75, 3.05) is 12.4 Å². The zero-order valence-electron chi connectivity index (χ0n) is 12.5. The Morgan fingerprint density at radius 3 is 2.67 bits per heavy atom. The van der Waals surface area contributed by atoms with Gasteiger partial charge in [-0.25, -0.2) is 4.98 Å². The Bertz CT molecular complexity index is 669. The predicted octanol–water partition coefficient (Wildman–Crippen LogP) is 3.95. The zero-order chi connectivity index (χ0) is 15.6. The van der Waals surface area contributed by atoms with Gasteiger partial charge >= 0.3 is 0 Å². The molecule has 1 atom stereocenters. The third-order valence-corrected chi connectivity index (χ3v) is 4.40. The van der Waals surface area contributed by atoms with Crippen LogP contribution in [0.1, 0.15) is 38.9 Å². The Balaban J connectivity index is 2.23. The minimum Gasteiger partial charge on any atom is -0.377 e. The van der Waals surface area contributed by atoms with Crippen LogP contribution in [0.2, 0.25) is 5.02 Å². The lowest BCUT2D eigenvalue weighted by Gasteiger charge is -2.15. The number of hydrogen-bond acceptors (Lipinski definition) is 4. The zero-order valence-corrected chi connectivity index (χ0v) is 14.0. The number of thiazole rings is 1. The van der Waals surface area contributed by atoms with Gasteiger partial charge in [-0.1, -0.05) is 11.6 Å². The van der Waals surface area contributed by atoms with Crippen LogP contribution in [-0.2, 0) is 0 Å². The first-order valence-corrected chi connectivity index (χ1v) is 7.84. The van der Waals surface area contributed by atoms with Crippen LogP contribution in [0.4, 0.5) is 5.69 Å². The Hall–Kier alpha value is -1.59.